The van der Waals surface area contributed by atoms with Crippen molar-refractivity contribution in [1.82, 2.24) is 5.64 Å². The van der Waals surface area contributed by atoms with E-state index in [1.807, 2.05) is 0 Å². The molecule has 0 saturated carbocycles. The molecule has 1 N–H and O–H groups in total. The summed E-state index contributed by atoms with van der Waals surface area (Å²) in [5, 5.41) is 3.32. The maximum Gasteiger partial charge on any atom is 0.253 e. The minimum Gasteiger partial charge on any atom is -0.353 e. The number of hydrogen-bond donors (Lipinski definition) is 1. The van der Waals surface area contributed by atoms with Gasteiger partial charge in [-0.15, -0.1) is 0 Å². The lowest BCUT2D eigenvalue weighted by molar-refractivity contribution is -0.0736. The fourth-order valence-electron chi connectivity index (χ4n) is 0.180. The largest absolute Gasteiger partial charge is 0.353 e. The zero-order valence-corrected chi connectivity index (χ0v) is 3.26. The highest BCUT2D eigenvalue weighted by molar-refractivity contribution is 5.72. The van der Waals surface area contributed by atoms with E-state index in [9.17, 15) is 0 Å². The Bertz CT molecular complexity index is 79.6. The van der Waals surface area contributed by atoms with Gasteiger partial charge in [-0.05, 0) is 5.16 Å². The molecule has 0 aromatic heterocycles. The second-order valence-electron chi connectivity index (χ2n) is 0.887. The van der Waals surface area contributed by atoms with Gasteiger partial charge in [-0.3, -0.25) is 4.94 Å². The molecule has 1 aliphatic heterocycles. The molecule has 0 aliphatic carbocycles. The van der Waals surface area contributed by atoms with Crippen LogP contribution in [0.2, 0.25) is 0 Å². The summed E-state index contributed by atoms with van der Waals surface area (Å²) in [6, 6.07) is 0. The molecule has 0 radical (unpaired) electrons. The first kappa shape index (κ1) is 3.42. The lowest BCUT2D eigenvalue weighted by atomic mass is 10.8. The molecule has 1 rings (SSSR count). The molecule has 0 amide bonds. The van der Waals surface area contributed by atoms with Crippen LogP contribution in [0.1, 0.15) is 6.92 Å². The first-order valence-electron chi connectivity index (χ1n) is 1.52. The highest BCUT2D eigenvalue weighted by atomic mass is 17.0. The number of oxime groups is 1. The van der Waals surface area contributed by atoms with Gasteiger partial charge in [-0.2, -0.15) is 0 Å². The predicted octanol–water partition coefficient (Wildman–Crippen LogP) is -0.214. The quantitative estimate of drug-likeness (QED) is 0.445. The Balaban J connectivity index is 2.45. The molecule has 4 heteroatoms. The van der Waals surface area contributed by atoms with Crippen LogP contribution in [0.4, 0.5) is 0 Å². The molecule has 1 heterocycles. The van der Waals surface area contributed by atoms with Crippen LogP contribution in [0.5, 0.6) is 0 Å². The van der Waals surface area contributed by atoms with Crippen molar-refractivity contribution >= 4 is 5.90 Å². The summed E-state index contributed by atoms with van der Waals surface area (Å²) in [6.45, 7) is 1.68. The average molecular weight is 88.1 g/mol. The SMILES string of the molecule is CC1=NONO1. The molecule has 0 aromatic rings. The third-order valence-corrected chi connectivity index (χ3v) is 0.401. The van der Waals surface area contributed by atoms with Crippen LogP contribution in [-0.4, -0.2) is 5.90 Å². The van der Waals surface area contributed by atoms with Crippen molar-refractivity contribution in [1.29, 1.82) is 0 Å². The van der Waals surface area contributed by atoms with E-state index in [0.29, 0.717) is 5.90 Å². The highest BCUT2D eigenvalue weighted by Crippen LogP contribution is 1.85. The smallest absolute Gasteiger partial charge is 0.253 e. The second-order valence-corrected chi connectivity index (χ2v) is 0.887. The number of nitrogens with one attached hydrogen (secondary N) is 1. The molecule has 6 heavy (non-hydrogen) atoms. The second kappa shape index (κ2) is 1.14. The van der Waals surface area contributed by atoms with Crippen molar-refractivity contribution in [2.45, 2.75) is 6.92 Å². The molecule has 34 valence electrons. The minimum absolute atomic E-state index is 0.495. The van der Waals surface area contributed by atoms with Crippen molar-refractivity contribution in [2.75, 3.05) is 0 Å². The summed E-state index contributed by atoms with van der Waals surface area (Å²) >= 11 is 0. The Morgan fingerprint density at radius 1 is 1.83 bits per heavy atom. The van der Waals surface area contributed by atoms with Gasteiger partial charge in [0.15, 0.2) is 0 Å². The summed E-state index contributed by atoms with van der Waals surface area (Å²) in [4.78, 5) is 8.60. The molecular formula is C2H4N2O2. The average Bonchev–Trinajstić information content (AvgIpc) is 1.86. The third kappa shape index (κ3) is 0.414. The number of hydrogen-bond acceptors (Lipinski definition) is 4. The van der Waals surface area contributed by atoms with Crippen molar-refractivity contribution in [3.05, 3.63) is 0 Å². The molecule has 0 saturated heterocycles. The topological polar surface area (TPSA) is 42.8 Å². The first-order chi connectivity index (χ1) is 2.89. The van der Waals surface area contributed by atoms with Crippen molar-refractivity contribution in [2.24, 2.45) is 5.16 Å². The molecule has 0 fully saturated rings. The van der Waals surface area contributed by atoms with Gasteiger partial charge >= 0.3 is 0 Å². The molecule has 4 nitrogen and oxygen atoms in total. The Labute approximate surface area is 34.6 Å². The fourth-order valence-corrected chi connectivity index (χ4v) is 0.180. The Morgan fingerprint density at radius 2 is 2.67 bits per heavy atom. The maximum atomic E-state index is 4.43. The summed E-state index contributed by atoms with van der Waals surface area (Å²) in [5.74, 6) is 0.495. The van der Waals surface area contributed by atoms with E-state index in [-0.39, 0.29) is 0 Å². The maximum absolute atomic E-state index is 4.43. The van der Waals surface area contributed by atoms with E-state index < -0.39 is 0 Å². The van der Waals surface area contributed by atoms with Gasteiger partial charge in [0.2, 0.25) is 0 Å². The zero-order chi connectivity index (χ0) is 4.41. The van der Waals surface area contributed by atoms with Gasteiger partial charge in [0.1, 0.15) is 0 Å². The van der Waals surface area contributed by atoms with E-state index in [0.717, 1.165) is 0 Å². The Hall–Kier alpha value is -0.770. The summed E-state index contributed by atoms with van der Waals surface area (Å²) in [7, 11) is 0. The molecule has 1 aliphatic rings. The van der Waals surface area contributed by atoms with E-state index in [4.69, 9.17) is 0 Å². The number of rotatable bonds is 0. The monoisotopic (exact) mass is 88.0 g/mol. The normalized spacial score (nSPS) is 18.5. The summed E-state index contributed by atoms with van der Waals surface area (Å²) in [6.07, 6.45) is 0. The van der Waals surface area contributed by atoms with Crippen LogP contribution in [-0.2, 0) is 9.78 Å². The molecular weight excluding hydrogens is 84.0 g/mol. The van der Waals surface area contributed by atoms with Gasteiger partial charge in [0.05, 0.1) is 0 Å². The minimum atomic E-state index is 0.495. The van der Waals surface area contributed by atoms with E-state index in [1.165, 1.54) is 0 Å². The zero-order valence-electron chi connectivity index (χ0n) is 3.26. The molecule has 0 atom stereocenters. The third-order valence-electron chi connectivity index (χ3n) is 0.401. The molecule has 0 aromatic carbocycles. The van der Waals surface area contributed by atoms with E-state index >= 15 is 0 Å². The van der Waals surface area contributed by atoms with Gasteiger partial charge in [0, 0.05) is 12.6 Å². The highest BCUT2D eigenvalue weighted by Gasteiger charge is 1.97. The Kier molecular flexibility index (Phi) is 0.648. The Morgan fingerprint density at radius 3 is 2.83 bits per heavy atom. The van der Waals surface area contributed by atoms with Crippen molar-refractivity contribution in [3.8, 4) is 0 Å². The van der Waals surface area contributed by atoms with Gasteiger partial charge < -0.3 is 4.84 Å². The van der Waals surface area contributed by atoms with Crippen LogP contribution >= 0.6 is 0 Å². The van der Waals surface area contributed by atoms with E-state index in [2.05, 4.69) is 20.6 Å². The molecule has 0 bridgehead atoms. The van der Waals surface area contributed by atoms with Crippen LogP contribution < -0.4 is 5.64 Å². The van der Waals surface area contributed by atoms with Crippen molar-refractivity contribution in [3.63, 3.8) is 0 Å². The van der Waals surface area contributed by atoms with Gasteiger partial charge in [-0.25, -0.2) is 0 Å². The van der Waals surface area contributed by atoms with Gasteiger partial charge in [0.25, 0.3) is 5.90 Å². The standard InChI is InChI=1S/C2H4N2O2/c1-2-3-6-4-5-2/h4H,1H3. The fraction of sp³-hybridized carbons (Fsp3) is 0.500. The van der Waals surface area contributed by atoms with Crippen LogP contribution in [0, 0.1) is 0 Å². The van der Waals surface area contributed by atoms with E-state index in [1.54, 1.807) is 6.92 Å². The molecule has 0 spiro atoms. The predicted molar refractivity (Wildman–Crippen MR) is 18.4 cm³/mol. The van der Waals surface area contributed by atoms with Crippen LogP contribution in [0.15, 0.2) is 5.16 Å². The summed E-state index contributed by atoms with van der Waals surface area (Å²) < 4.78 is 0. The lowest BCUT2D eigenvalue weighted by Crippen LogP contribution is -2.04. The first-order valence-corrected chi connectivity index (χ1v) is 1.52. The van der Waals surface area contributed by atoms with Crippen LogP contribution in [0.3, 0.4) is 0 Å². The number of nitrogens with zero attached hydrogens (tertiary/aromatic N) is 1. The van der Waals surface area contributed by atoms with Crippen LogP contribution in [0.25, 0.3) is 0 Å². The summed E-state index contributed by atoms with van der Waals surface area (Å²) in [5.41, 5.74) is 2.07. The van der Waals surface area contributed by atoms with Crippen molar-refractivity contribution < 1.29 is 9.78 Å². The molecule has 0 unspecified atom stereocenters. The van der Waals surface area contributed by atoms with Gasteiger partial charge in [-0.1, -0.05) is 0 Å². The lowest BCUT2D eigenvalue weighted by Gasteiger charge is -1.82.